The Morgan fingerprint density at radius 1 is 1.32 bits per heavy atom. The average Bonchev–Trinajstić information content (AvgIpc) is 2.89. The van der Waals surface area contributed by atoms with E-state index in [1.807, 2.05) is 0 Å². The van der Waals surface area contributed by atoms with Gasteiger partial charge in [-0.25, -0.2) is 0 Å². The van der Waals surface area contributed by atoms with E-state index < -0.39 is 5.92 Å². The number of ether oxygens (including phenoxy) is 3. The summed E-state index contributed by atoms with van der Waals surface area (Å²) < 4.78 is 15.4. The van der Waals surface area contributed by atoms with Crippen LogP contribution in [0.5, 0.6) is 11.5 Å². The van der Waals surface area contributed by atoms with Crippen molar-refractivity contribution in [2.75, 3.05) is 32.3 Å². The number of hydrogen-bond acceptors (Lipinski definition) is 5. The fraction of sp³-hybridized carbons (Fsp3) is 0.467. The molecule has 0 saturated carbocycles. The number of amides is 1. The van der Waals surface area contributed by atoms with Gasteiger partial charge in [-0.3, -0.25) is 9.59 Å². The Kier molecular flexibility index (Phi) is 5.13. The summed E-state index contributed by atoms with van der Waals surface area (Å²) in [6, 6.07) is 3.22. The molecule has 1 atom stereocenters. The predicted octanol–water partition coefficient (Wildman–Crippen LogP) is 2.27. The van der Waals surface area contributed by atoms with Crippen LogP contribution < -0.4 is 14.4 Å². The molecule has 1 aliphatic heterocycles. The quantitative estimate of drug-likeness (QED) is 0.776. The zero-order chi connectivity index (χ0) is 16.3. The summed E-state index contributed by atoms with van der Waals surface area (Å²) in [5, 5.41) is 0.366. The minimum atomic E-state index is -0.474. The fourth-order valence-electron chi connectivity index (χ4n) is 2.41. The maximum atomic E-state index is 12.2. The molecule has 0 bridgehead atoms. The molecule has 0 aliphatic carbocycles. The molecule has 1 unspecified atom stereocenters. The smallest absolute Gasteiger partial charge is 0.311 e. The van der Waals surface area contributed by atoms with E-state index in [0.717, 1.165) is 0 Å². The van der Waals surface area contributed by atoms with E-state index in [0.29, 0.717) is 28.8 Å². The largest absolute Gasteiger partial charge is 0.495 e. The highest BCUT2D eigenvalue weighted by molar-refractivity contribution is 6.32. The van der Waals surface area contributed by atoms with Gasteiger partial charge in [-0.15, -0.1) is 0 Å². The van der Waals surface area contributed by atoms with Gasteiger partial charge >= 0.3 is 5.97 Å². The van der Waals surface area contributed by atoms with Gasteiger partial charge in [-0.1, -0.05) is 11.6 Å². The second-order valence-corrected chi connectivity index (χ2v) is 5.22. The molecule has 0 N–H and O–H groups in total. The normalized spacial score (nSPS) is 17.5. The number of carbonyl (C=O) groups excluding carboxylic acids is 2. The molecule has 120 valence electrons. The van der Waals surface area contributed by atoms with Crippen LogP contribution in [0, 0.1) is 5.92 Å². The molecule has 22 heavy (non-hydrogen) atoms. The van der Waals surface area contributed by atoms with Gasteiger partial charge in [0.05, 0.1) is 37.5 Å². The van der Waals surface area contributed by atoms with Crippen LogP contribution in [0.25, 0.3) is 0 Å². The third-order valence-corrected chi connectivity index (χ3v) is 3.78. The lowest BCUT2D eigenvalue weighted by atomic mass is 10.1. The third kappa shape index (κ3) is 3.11. The second kappa shape index (κ2) is 6.87. The van der Waals surface area contributed by atoms with Crippen molar-refractivity contribution in [1.82, 2.24) is 0 Å². The minimum absolute atomic E-state index is 0.117. The van der Waals surface area contributed by atoms with Crippen molar-refractivity contribution in [3.8, 4) is 11.5 Å². The Balaban J connectivity index is 2.30. The van der Waals surface area contributed by atoms with Gasteiger partial charge in [0.1, 0.15) is 11.5 Å². The first kappa shape index (κ1) is 16.4. The number of esters is 1. The van der Waals surface area contributed by atoms with E-state index in [4.69, 9.17) is 25.8 Å². The topological polar surface area (TPSA) is 65.1 Å². The molecule has 1 saturated heterocycles. The number of methoxy groups -OCH3 is 2. The number of benzene rings is 1. The monoisotopic (exact) mass is 327 g/mol. The summed E-state index contributed by atoms with van der Waals surface area (Å²) in [5.74, 6) is -0.0949. The summed E-state index contributed by atoms with van der Waals surface area (Å²) >= 11 is 6.12. The Labute approximate surface area is 133 Å². The highest BCUT2D eigenvalue weighted by Crippen LogP contribution is 2.40. The Morgan fingerprint density at radius 2 is 2.00 bits per heavy atom. The lowest BCUT2D eigenvalue weighted by Crippen LogP contribution is -2.27. The molecule has 1 aromatic rings. The summed E-state index contributed by atoms with van der Waals surface area (Å²) in [6.07, 6.45) is 0.117. The van der Waals surface area contributed by atoms with Crippen LogP contribution in [0.2, 0.25) is 5.02 Å². The van der Waals surface area contributed by atoms with E-state index in [-0.39, 0.29) is 24.8 Å². The summed E-state index contributed by atoms with van der Waals surface area (Å²) in [5.41, 5.74) is 0.519. The number of anilines is 1. The summed E-state index contributed by atoms with van der Waals surface area (Å²) in [4.78, 5) is 25.5. The SMILES string of the molecule is CCOC(=O)C1CC(=O)N(c2cc(Cl)c(OC)cc2OC)C1. The maximum absolute atomic E-state index is 12.2. The van der Waals surface area contributed by atoms with Crippen LogP contribution in [0.1, 0.15) is 13.3 Å². The van der Waals surface area contributed by atoms with E-state index in [1.54, 1.807) is 19.1 Å². The van der Waals surface area contributed by atoms with Crippen molar-refractivity contribution in [2.45, 2.75) is 13.3 Å². The molecule has 2 rings (SSSR count). The fourth-order valence-corrected chi connectivity index (χ4v) is 2.65. The van der Waals surface area contributed by atoms with Gasteiger partial charge in [-0.05, 0) is 13.0 Å². The lowest BCUT2D eigenvalue weighted by molar-refractivity contribution is -0.147. The van der Waals surface area contributed by atoms with Crippen LogP contribution in [-0.4, -0.2) is 39.2 Å². The second-order valence-electron chi connectivity index (χ2n) is 4.82. The molecule has 7 heteroatoms. The Bertz CT molecular complexity index is 590. The molecule has 0 aromatic heterocycles. The molecule has 0 spiro atoms. The van der Waals surface area contributed by atoms with Crippen LogP contribution in [0.15, 0.2) is 12.1 Å². The van der Waals surface area contributed by atoms with E-state index >= 15 is 0 Å². The Morgan fingerprint density at radius 3 is 2.59 bits per heavy atom. The van der Waals surface area contributed by atoms with Crippen LogP contribution in [0.3, 0.4) is 0 Å². The average molecular weight is 328 g/mol. The highest BCUT2D eigenvalue weighted by atomic mass is 35.5. The first-order valence-corrected chi connectivity index (χ1v) is 7.28. The minimum Gasteiger partial charge on any atom is -0.495 e. The molecule has 6 nitrogen and oxygen atoms in total. The van der Waals surface area contributed by atoms with E-state index in [1.165, 1.54) is 19.1 Å². The van der Waals surface area contributed by atoms with Crippen molar-refractivity contribution >= 4 is 29.2 Å². The molecule has 1 amide bonds. The van der Waals surface area contributed by atoms with Crippen molar-refractivity contribution in [2.24, 2.45) is 5.92 Å². The van der Waals surface area contributed by atoms with Crippen molar-refractivity contribution < 1.29 is 23.8 Å². The lowest BCUT2D eigenvalue weighted by Gasteiger charge is -2.20. The van der Waals surface area contributed by atoms with Crippen LogP contribution in [-0.2, 0) is 14.3 Å². The highest BCUT2D eigenvalue weighted by Gasteiger charge is 2.37. The van der Waals surface area contributed by atoms with E-state index in [9.17, 15) is 9.59 Å². The first-order valence-electron chi connectivity index (χ1n) is 6.90. The van der Waals surface area contributed by atoms with Crippen LogP contribution >= 0.6 is 11.6 Å². The molecular formula is C15H18ClNO5. The van der Waals surface area contributed by atoms with Gasteiger partial charge in [0.15, 0.2) is 0 Å². The van der Waals surface area contributed by atoms with Crippen molar-refractivity contribution in [3.05, 3.63) is 17.2 Å². The molecule has 0 radical (unpaired) electrons. The standard InChI is InChI=1S/C15H18ClNO5/c1-4-22-15(19)9-5-14(18)17(8-9)11-6-10(16)12(20-2)7-13(11)21-3/h6-7,9H,4-5,8H2,1-3H3. The number of rotatable bonds is 5. The van der Waals surface area contributed by atoms with Crippen molar-refractivity contribution in [3.63, 3.8) is 0 Å². The van der Waals surface area contributed by atoms with Gasteiger partial charge in [0.25, 0.3) is 0 Å². The molecule has 1 heterocycles. The molecule has 1 aromatic carbocycles. The van der Waals surface area contributed by atoms with Gasteiger partial charge in [-0.2, -0.15) is 0 Å². The van der Waals surface area contributed by atoms with Crippen molar-refractivity contribution in [1.29, 1.82) is 0 Å². The summed E-state index contributed by atoms with van der Waals surface area (Å²) in [7, 11) is 2.99. The zero-order valence-electron chi connectivity index (χ0n) is 12.7. The number of hydrogen-bond donors (Lipinski definition) is 0. The number of carbonyl (C=O) groups is 2. The number of nitrogens with zero attached hydrogens (tertiary/aromatic N) is 1. The molecule has 1 aliphatic rings. The Hall–Kier alpha value is -1.95. The third-order valence-electron chi connectivity index (χ3n) is 3.49. The number of halogens is 1. The van der Waals surface area contributed by atoms with Crippen LogP contribution in [0.4, 0.5) is 5.69 Å². The van der Waals surface area contributed by atoms with Gasteiger partial charge < -0.3 is 19.1 Å². The van der Waals surface area contributed by atoms with Gasteiger partial charge in [0.2, 0.25) is 5.91 Å². The predicted molar refractivity (Wildman–Crippen MR) is 81.6 cm³/mol. The maximum Gasteiger partial charge on any atom is 0.311 e. The van der Waals surface area contributed by atoms with E-state index in [2.05, 4.69) is 0 Å². The molecular weight excluding hydrogens is 310 g/mol. The zero-order valence-corrected chi connectivity index (χ0v) is 13.5. The van der Waals surface area contributed by atoms with Gasteiger partial charge in [0, 0.05) is 19.0 Å². The molecule has 1 fully saturated rings. The summed E-state index contributed by atoms with van der Waals surface area (Å²) in [6.45, 7) is 2.27. The first-order chi connectivity index (χ1) is 10.5.